The summed E-state index contributed by atoms with van der Waals surface area (Å²) in [7, 11) is 1.65. The summed E-state index contributed by atoms with van der Waals surface area (Å²) in [5.74, 6) is 0.803. The minimum atomic E-state index is 0.611. The molecule has 2 rings (SSSR count). The summed E-state index contributed by atoms with van der Waals surface area (Å²) in [6.07, 6.45) is 4.86. The first-order valence-electron chi connectivity index (χ1n) is 6.85. The molecule has 0 bridgehead atoms. The molecule has 0 aliphatic carbocycles. The zero-order valence-corrected chi connectivity index (χ0v) is 13.1. The van der Waals surface area contributed by atoms with Gasteiger partial charge in [0.15, 0.2) is 5.11 Å². The van der Waals surface area contributed by atoms with E-state index >= 15 is 0 Å². The summed E-state index contributed by atoms with van der Waals surface area (Å²) >= 11 is 5.26. The number of anilines is 1. The van der Waals surface area contributed by atoms with Crippen LogP contribution in [0.25, 0.3) is 0 Å². The zero-order valence-electron chi connectivity index (χ0n) is 12.3. The Kier molecular flexibility index (Phi) is 5.57. The van der Waals surface area contributed by atoms with Gasteiger partial charge in [0.05, 0.1) is 13.3 Å². The summed E-state index contributed by atoms with van der Waals surface area (Å²) in [6.45, 7) is 3.71. The van der Waals surface area contributed by atoms with Crippen LogP contribution in [0.1, 0.15) is 12.0 Å². The van der Waals surface area contributed by atoms with Crippen molar-refractivity contribution in [2.45, 2.75) is 19.9 Å². The molecule has 0 radical (unpaired) electrons. The smallest absolute Gasteiger partial charge is 0.170 e. The Morgan fingerprint density at radius 2 is 2.29 bits per heavy atom. The molecule has 0 atom stereocenters. The van der Waals surface area contributed by atoms with Crippen LogP contribution in [0.2, 0.25) is 0 Å². The van der Waals surface area contributed by atoms with Gasteiger partial charge in [-0.15, -0.1) is 0 Å². The van der Waals surface area contributed by atoms with Gasteiger partial charge in [-0.25, -0.2) is 0 Å². The van der Waals surface area contributed by atoms with E-state index < -0.39 is 0 Å². The molecule has 5 nitrogen and oxygen atoms in total. The van der Waals surface area contributed by atoms with Gasteiger partial charge in [0.25, 0.3) is 0 Å². The van der Waals surface area contributed by atoms with Gasteiger partial charge in [0.2, 0.25) is 0 Å². The van der Waals surface area contributed by atoms with Crippen LogP contribution in [0.4, 0.5) is 5.69 Å². The van der Waals surface area contributed by atoms with Gasteiger partial charge in [-0.1, -0.05) is 6.07 Å². The van der Waals surface area contributed by atoms with Crippen molar-refractivity contribution >= 4 is 23.0 Å². The van der Waals surface area contributed by atoms with E-state index in [0.29, 0.717) is 5.11 Å². The van der Waals surface area contributed by atoms with Crippen molar-refractivity contribution in [2.24, 2.45) is 0 Å². The molecular weight excluding hydrogens is 284 g/mol. The number of hydrogen-bond acceptors (Lipinski definition) is 3. The molecule has 0 saturated carbocycles. The van der Waals surface area contributed by atoms with Crippen LogP contribution >= 0.6 is 12.2 Å². The maximum absolute atomic E-state index is 5.26. The normalized spacial score (nSPS) is 10.2. The molecule has 0 spiro atoms. The second-order valence-electron chi connectivity index (χ2n) is 4.75. The van der Waals surface area contributed by atoms with Crippen molar-refractivity contribution in [3.05, 3.63) is 42.2 Å². The van der Waals surface area contributed by atoms with Crippen molar-refractivity contribution in [2.75, 3.05) is 19.0 Å². The Morgan fingerprint density at radius 1 is 1.43 bits per heavy atom. The largest absolute Gasteiger partial charge is 0.497 e. The number of methoxy groups -OCH3 is 1. The fraction of sp³-hybridized carbons (Fsp3) is 0.333. The van der Waals surface area contributed by atoms with Crippen molar-refractivity contribution < 1.29 is 4.74 Å². The monoisotopic (exact) mass is 304 g/mol. The second kappa shape index (κ2) is 7.64. The predicted molar refractivity (Wildman–Crippen MR) is 88.8 cm³/mol. The van der Waals surface area contributed by atoms with Gasteiger partial charge in [-0.2, -0.15) is 5.10 Å². The second-order valence-corrected chi connectivity index (χ2v) is 5.16. The zero-order chi connectivity index (χ0) is 15.1. The summed E-state index contributed by atoms with van der Waals surface area (Å²) in [4.78, 5) is 0. The number of aryl methyl sites for hydroxylation is 2. The molecular formula is C15H20N4OS. The molecule has 0 aliphatic rings. The number of nitrogens with zero attached hydrogens (tertiary/aromatic N) is 2. The number of nitrogens with one attached hydrogen (secondary N) is 2. The van der Waals surface area contributed by atoms with Crippen LogP contribution in [0, 0.1) is 6.92 Å². The summed E-state index contributed by atoms with van der Waals surface area (Å²) < 4.78 is 7.11. The minimum Gasteiger partial charge on any atom is -0.497 e. The molecule has 21 heavy (non-hydrogen) atoms. The maximum Gasteiger partial charge on any atom is 0.170 e. The lowest BCUT2D eigenvalue weighted by Crippen LogP contribution is -2.29. The molecule has 0 fully saturated rings. The highest BCUT2D eigenvalue weighted by molar-refractivity contribution is 7.80. The van der Waals surface area contributed by atoms with Crippen LogP contribution in [0.5, 0.6) is 5.75 Å². The topological polar surface area (TPSA) is 51.1 Å². The maximum atomic E-state index is 5.26. The molecule has 2 aromatic rings. The van der Waals surface area contributed by atoms with Gasteiger partial charge < -0.3 is 15.4 Å². The van der Waals surface area contributed by atoms with Gasteiger partial charge >= 0.3 is 0 Å². The van der Waals surface area contributed by atoms with Gasteiger partial charge in [-0.3, -0.25) is 4.68 Å². The van der Waals surface area contributed by atoms with E-state index in [-0.39, 0.29) is 0 Å². The molecule has 0 aliphatic heterocycles. The molecule has 6 heteroatoms. The number of benzene rings is 1. The van der Waals surface area contributed by atoms with E-state index in [1.807, 2.05) is 48.3 Å². The van der Waals surface area contributed by atoms with Gasteiger partial charge in [0.1, 0.15) is 5.75 Å². The molecule has 1 heterocycles. The van der Waals surface area contributed by atoms with Crippen molar-refractivity contribution in [1.82, 2.24) is 15.1 Å². The number of rotatable bonds is 6. The summed E-state index contributed by atoms with van der Waals surface area (Å²) in [6, 6.07) is 7.67. The van der Waals surface area contributed by atoms with Crippen LogP contribution in [0.3, 0.4) is 0 Å². The first-order valence-corrected chi connectivity index (χ1v) is 7.26. The fourth-order valence-electron chi connectivity index (χ4n) is 1.91. The lowest BCUT2D eigenvalue weighted by atomic mass is 10.3. The van der Waals surface area contributed by atoms with Crippen molar-refractivity contribution in [3.8, 4) is 5.75 Å². The predicted octanol–water partition coefficient (Wildman–Crippen LogP) is 2.58. The van der Waals surface area contributed by atoms with E-state index in [9.17, 15) is 0 Å². The van der Waals surface area contributed by atoms with Crippen LogP contribution < -0.4 is 15.4 Å². The highest BCUT2D eigenvalue weighted by Crippen LogP contribution is 2.16. The summed E-state index contributed by atoms with van der Waals surface area (Å²) in [5.41, 5.74) is 2.09. The average molecular weight is 304 g/mol. The van der Waals surface area contributed by atoms with Crippen LogP contribution in [-0.4, -0.2) is 28.5 Å². The highest BCUT2D eigenvalue weighted by atomic mass is 32.1. The van der Waals surface area contributed by atoms with E-state index in [2.05, 4.69) is 15.7 Å². The first kappa shape index (κ1) is 15.3. The third kappa shape index (κ3) is 5.07. The standard InChI is InChI=1S/C15H20N4OS/c1-12-10-17-19(11-12)8-4-7-16-15(21)18-13-5-3-6-14(9-13)20-2/h3,5-6,9-11H,4,7-8H2,1-2H3,(H2,16,18,21). The Balaban J connectivity index is 1.69. The number of aromatic nitrogens is 2. The minimum absolute atomic E-state index is 0.611. The third-order valence-electron chi connectivity index (χ3n) is 2.94. The molecule has 0 amide bonds. The average Bonchev–Trinajstić information content (AvgIpc) is 2.89. The Hall–Kier alpha value is -2.08. The highest BCUT2D eigenvalue weighted by Gasteiger charge is 1.99. The fourth-order valence-corrected chi connectivity index (χ4v) is 2.13. The Bertz CT molecular complexity index is 597. The Morgan fingerprint density at radius 3 is 3.00 bits per heavy atom. The van der Waals surface area contributed by atoms with E-state index in [4.69, 9.17) is 17.0 Å². The molecule has 1 aromatic heterocycles. The van der Waals surface area contributed by atoms with Crippen LogP contribution in [0.15, 0.2) is 36.7 Å². The van der Waals surface area contributed by atoms with Gasteiger partial charge in [0, 0.05) is 31.0 Å². The van der Waals surface area contributed by atoms with E-state index in [1.54, 1.807) is 7.11 Å². The van der Waals surface area contributed by atoms with E-state index in [0.717, 1.165) is 30.9 Å². The molecule has 112 valence electrons. The summed E-state index contributed by atoms with van der Waals surface area (Å²) in [5, 5.41) is 11.2. The lowest BCUT2D eigenvalue weighted by molar-refractivity contribution is 0.415. The third-order valence-corrected chi connectivity index (χ3v) is 3.19. The van der Waals surface area contributed by atoms with Crippen molar-refractivity contribution in [1.29, 1.82) is 0 Å². The lowest BCUT2D eigenvalue weighted by Gasteiger charge is -2.11. The first-order chi connectivity index (χ1) is 10.2. The molecule has 0 unspecified atom stereocenters. The van der Waals surface area contributed by atoms with Crippen molar-refractivity contribution in [3.63, 3.8) is 0 Å². The van der Waals surface area contributed by atoms with Crippen LogP contribution in [-0.2, 0) is 6.54 Å². The number of thiocarbonyl (C=S) groups is 1. The Labute approximate surface area is 130 Å². The SMILES string of the molecule is COc1cccc(NC(=S)NCCCn2cc(C)cn2)c1. The quantitative estimate of drug-likeness (QED) is 0.634. The molecule has 2 N–H and O–H groups in total. The molecule has 1 aromatic carbocycles. The number of ether oxygens (including phenoxy) is 1. The molecule has 0 saturated heterocycles. The van der Waals surface area contributed by atoms with E-state index in [1.165, 1.54) is 5.56 Å². The van der Waals surface area contributed by atoms with Gasteiger partial charge in [-0.05, 0) is 43.3 Å². The number of hydrogen-bond donors (Lipinski definition) is 2.